The van der Waals surface area contributed by atoms with E-state index in [1.807, 2.05) is 0 Å². The number of Topliss-reactive ketones (excluding diaryl/α,β-unsaturated/α-hetero) is 2. The van der Waals surface area contributed by atoms with Crippen LogP contribution in [-0.2, 0) is 9.59 Å². The third-order valence-corrected chi connectivity index (χ3v) is 4.31. The van der Waals surface area contributed by atoms with Crippen molar-refractivity contribution in [2.45, 2.75) is 25.3 Å². The number of amides is 2. The van der Waals surface area contributed by atoms with Crippen molar-refractivity contribution in [1.29, 1.82) is 0 Å². The number of nitrogens with zero attached hydrogens (tertiary/aromatic N) is 1. The van der Waals surface area contributed by atoms with Crippen LogP contribution in [0.2, 0.25) is 0 Å². The molecule has 1 saturated carbocycles. The van der Waals surface area contributed by atoms with Crippen molar-refractivity contribution in [3.05, 3.63) is 33.8 Å². The van der Waals surface area contributed by atoms with Crippen LogP contribution in [0.4, 0.5) is 0 Å². The fourth-order valence-corrected chi connectivity index (χ4v) is 3.21. The Kier molecular flexibility index (Phi) is 3.05. The summed E-state index contributed by atoms with van der Waals surface area (Å²) in [5.74, 6) is -1.42. The molecule has 1 fully saturated rings. The van der Waals surface area contributed by atoms with Gasteiger partial charge in [0.25, 0.3) is 11.8 Å². The summed E-state index contributed by atoms with van der Waals surface area (Å²) in [5, 5.41) is 0. The number of hydrogen-bond donors (Lipinski definition) is 0. The highest BCUT2D eigenvalue weighted by Gasteiger charge is 2.44. The fourth-order valence-electron chi connectivity index (χ4n) is 2.68. The van der Waals surface area contributed by atoms with E-state index in [0.717, 1.165) is 4.90 Å². The van der Waals surface area contributed by atoms with E-state index in [9.17, 15) is 19.2 Å². The second kappa shape index (κ2) is 4.63. The van der Waals surface area contributed by atoms with Crippen molar-refractivity contribution in [1.82, 2.24) is 4.90 Å². The van der Waals surface area contributed by atoms with E-state index >= 15 is 0 Å². The Bertz CT molecular complexity index is 667. The van der Waals surface area contributed by atoms with Crippen molar-refractivity contribution >= 4 is 39.3 Å². The molecule has 0 bridgehead atoms. The van der Waals surface area contributed by atoms with Gasteiger partial charge in [0.15, 0.2) is 5.78 Å². The van der Waals surface area contributed by atoms with E-state index in [4.69, 9.17) is 0 Å². The molecule has 1 heterocycles. The summed E-state index contributed by atoms with van der Waals surface area (Å²) in [6.45, 7) is 0. The van der Waals surface area contributed by atoms with Gasteiger partial charge in [0.2, 0.25) is 0 Å². The number of hydrogen-bond acceptors (Lipinski definition) is 4. The molecule has 1 aliphatic heterocycles. The monoisotopic (exact) mass is 335 g/mol. The summed E-state index contributed by atoms with van der Waals surface area (Å²) >= 11 is 3.25. The van der Waals surface area contributed by atoms with Crippen LogP contribution >= 0.6 is 15.9 Å². The zero-order chi connectivity index (χ0) is 14.4. The second-order valence-electron chi connectivity index (χ2n) is 4.88. The number of halogens is 1. The number of ketones is 2. The molecule has 2 amide bonds. The fraction of sp³-hybridized carbons (Fsp3) is 0.286. The lowest BCUT2D eigenvalue weighted by molar-refractivity contribution is -0.132. The first-order valence-electron chi connectivity index (χ1n) is 6.21. The molecule has 1 atom stereocenters. The van der Waals surface area contributed by atoms with E-state index in [-0.39, 0.29) is 30.8 Å². The predicted molar refractivity (Wildman–Crippen MR) is 72.3 cm³/mol. The summed E-state index contributed by atoms with van der Waals surface area (Å²) in [7, 11) is 0. The summed E-state index contributed by atoms with van der Waals surface area (Å²) in [5.41, 5.74) is 0.594. The van der Waals surface area contributed by atoms with Crippen molar-refractivity contribution < 1.29 is 19.2 Å². The molecular formula is C14H10BrNO4. The van der Waals surface area contributed by atoms with E-state index in [2.05, 4.69) is 15.9 Å². The topological polar surface area (TPSA) is 71.5 Å². The van der Waals surface area contributed by atoms with Crippen LogP contribution in [-0.4, -0.2) is 34.3 Å². The van der Waals surface area contributed by atoms with Crippen LogP contribution < -0.4 is 0 Å². The maximum absolute atomic E-state index is 12.4. The van der Waals surface area contributed by atoms with Crippen LogP contribution in [0.15, 0.2) is 22.7 Å². The van der Waals surface area contributed by atoms with Crippen LogP contribution in [0.25, 0.3) is 0 Å². The molecule has 0 N–H and O–H groups in total. The summed E-state index contributed by atoms with van der Waals surface area (Å²) < 4.78 is 0.537. The first kappa shape index (κ1) is 13.2. The van der Waals surface area contributed by atoms with Crippen molar-refractivity contribution in [3.8, 4) is 0 Å². The highest BCUT2D eigenvalue weighted by Crippen LogP contribution is 2.32. The molecule has 20 heavy (non-hydrogen) atoms. The first-order valence-corrected chi connectivity index (χ1v) is 7.01. The molecule has 102 valence electrons. The van der Waals surface area contributed by atoms with Gasteiger partial charge in [-0.1, -0.05) is 6.07 Å². The second-order valence-corrected chi connectivity index (χ2v) is 5.73. The van der Waals surface area contributed by atoms with E-state index in [1.165, 1.54) is 0 Å². The Hall–Kier alpha value is -1.82. The van der Waals surface area contributed by atoms with Gasteiger partial charge in [-0.2, -0.15) is 0 Å². The van der Waals surface area contributed by atoms with Crippen molar-refractivity contribution in [3.63, 3.8) is 0 Å². The number of carbonyl (C=O) groups excluding carboxylic acids is 4. The molecule has 3 rings (SSSR count). The zero-order valence-electron chi connectivity index (χ0n) is 10.4. The predicted octanol–water partition coefficient (Wildman–Crippen LogP) is 1.74. The van der Waals surface area contributed by atoms with Crippen molar-refractivity contribution in [2.24, 2.45) is 0 Å². The highest BCUT2D eigenvalue weighted by atomic mass is 79.9. The summed E-state index contributed by atoms with van der Waals surface area (Å²) in [6.07, 6.45) is 0.255. The molecule has 2 aliphatic rings. The number of benzene rings is 1. The molecule has 6 heteroatoms. The SMILES string of the molecule is O=C1CCC(N2C(=O)c3cccc(Br)c3C2=O)C(=O)C1. The maximum atomic E-state index is 12.4. The number of fused-ring (bicyclic) bond motifs is 1. The molecule has 0 spiro atoms. The molecule has 5 nitrogen and oxygen atoms in total. The molecule has 1 aromatic rings. The normalized spacial score (nSPS) is 22.4. The Morgan fingerprint density at radius 2 is 1.85 bits per heavy atom. The van der Waals surface area contributed by atoms with Gasteiger partial charge >= 0.3 is 0 Å². The summed E-state index contributed by atoms with van der Waals surface area (Å²) in [6, 6.07) is 4.11. The van der Waals surface area contributed by atoms with Gasteiger partial charge in [0.05, 0.1) is 23.6 Å². The Morgan fingerprint density at radius 1 is 1.10 bits per heavy atom. The lowest BCUT2D eigenvalue weighted by Gasteiger charge is -2.27. The quantitative estimate of drug-likeness (QED) is 0.578. The van der Waals surface area contributed by atoms with Crippen LogP contribution in [0.1, 0.15) is 40.0 Å². The first-order chi connectivity index (χ1) is 9.50. The van der Waals surface area contributed by atoms with Crippen LogP contribution in [0.5, 0.6) is 0 Å². The maximum Gasteiger partial charge on any atom is 0.263 e. The largest absolute Gasteiger partial charge is 0.299 e. The molecular weight excluding hydrogens is 326 g/mol. The average Bonchev–Trinajstić information content (AvgIpc) is 2.64. The van der Waals surface area contributed by atoms with Gasteiger partial charge in [0, 0.05) is 10.9 Å². The lowest BCUT2D eigenvalue weighted by Crippen LogP contribution is -2.47. The van der Waals surface area contributed by atoms with E-state index < -0.39 is 17.9 Å². The van der Waals surface area contributed by atoms with Gasteiger partial charge in [-0.3, -0.25) is 24.1 Å². The minimum Gasteiger partial charge on any atom is -0.299 e. The van der Waals surface area contributed by atoms with Gasteiger partial charge in [0.1, 0.15) is 5.78 Å². The number of imide groups is 1. The van der Waals surface area contributed by atoms with Gasteiger partial charge < -0.3 is 0 Å². The summed E-state index contributed by atoms with van der Waals surface area (Å²) in [4.78, 5) is 48.9. The van der Waals surface area contributed by atoms with Gasteiger partial charge in [-0.05, 0) is 34.5 Å². The van der Waals surface area contributed by atoms with Gasteiger partial charge in [-0.15, -0.1) is 0 Å². The Morgan fingerprint density at radius 3 is 2.50 bits per heavy atom. The molecule has 0 saturated heterocycles. The van der Waals surface area contributed by atoms with E-state index in [0.29, 0.717) is 15.6 Å². The Labute approximate surface area is 123 Å². The van der Waals surface area contributed by atoms with Gasteiger partial charge in [-0.25, -0.2) is 0 Å². The number of rotatable bonds is 1. The smallest absolute Gasteiger partial charge is 0.263 e. The standard InChI is InChI=1S/C14H10BrNO4/c15-9-3-1-2-8-12(9)14(20)16(13(8)19)10-5-4-7(17)6-11(10)18/h1-3,10H,4-6H2. The van der Waals surface area contributed by atoms with Crippen LogP contribution in [0, 0.1) is 0 Å². The third-order valence-electron chi connectivity index (χ3n) is 3.65. The zero-order valence-corrected chi connectivity index (χ0v) is 12.0. The van der Waals surface area contributed by atoms with Crippen LogP contribution in [0.3, 0.4) is 0 Å². The lowest BCUT2D eigenvalue weighted by atomic mass is 9.92. The molecule has 1 aromatic carbocycles. The number of carbonyl (C=O) groups is 4. The highest BCUT2D eigenvalue weighted by molar-refractivity contribution is 9.10. The molecule has 0 aromatic heterocycles. The Balaban J connectivity index is 2.00. The van der Waals surface area contributed by atoms with E-state index in [1.54, 1.807) is 18.2 Å². The molecule has 1 aliphatic carbocycles. The third kappa shape index (κ3) is 1.83. The average molecular weight is 336 g/mol. The minimum absolute atomic E-state index is 0.135. The minimum atomic E-state index is -0.813. The molecule has 1 unspecified atom stereocenters. The van der Waals surface area contributed by atoms with Crippen molar-refractivity contribution in [2.75, 3.05) is 0 Å². The molecule has 0 radical (unpaired) electrons.